The highest BCUT2D eigenvalue weighted by Crippen LogP contribution is 2.18. The minimum absolute atomic E-state index is 0.760. The lowest BCUT2D eigenvalue weighted by Gasteiger charge is -2.37. The first kappa shape index (κ1) is 18.3. The molecule has 26 heavy (non-hydrogen) atoms. The number of hydrogen-bond donors (Lipinski definition) is 1. The zero-order valence-corrected chi connectivity index (χ0v) is 16.6. The molecule has 1 fully saturated rings. The fourth-order valence-corrected chi connectivity index (χ4v) is 3.57. The number of aryl methyl sites for hydroxylation is 3. The van der Waals surface area contributed by atoms with Crippen LogP contribution in [0.3, 0.4) is 0 Å². The second-order valence-corrected chi connectivity index (χ2v) is 6.99. The molecule has 0 bridgehead atoms. The molecule has 6 nitrogen and oxygen atoms in total. The normalized spacial score (nSPS) is 15.5. The molecule has 1 aromatic carbocycles. The van der Waals surface area contributed by atoms with Crippen LogP contribution in [0.15, 0.2) is 29.3 Å². The lowest BCUT2D eigenvalue weighted by molar-refractivity contribution is 0.372. The SMILES string of the molecule is CN=C(NCc1c(C)nn(C)c1C)N1CCN(c2cccc(C)c2)CC1. The molecule has 1 saturated heterocycles. The first-order chi connectivity index (χ1) is 12.5. The van der Waals surface area contributed by atoms with Crippen LogP contribution in [0.25, 0.3) is 0 Å². The van der Waals surface area contributed by atoms with Crippen molar-refractivity contribution in [3.05, 3.63) is 46.8 Å². The van der Waals surface area contributed by atoms with Crippen molar-refractivity contribution < 1.29 is 0 Å². The van der Waals surface area contributed by atoms with E-state index in [1.165, 1.54) is 22.5 Å². The quantitative estimate of drug-likeness (QED) is 0.678. The van der Waals surface area contributed by atoms with Gasteiger partial charge in [0, 0.05) is 63.8 Å². The van der Waals surface area contributed by atoms with Gasteiger partial charge in [-0.05, 0) is 38.5 Å². The predicted molar refractivity (Wildman–Crippen MR) is 108 cm³/mol. The van der Waals surface area contributed by atoms with E-state index in [-0.39, 0.29) is 0 Å². The molecule has 1 aliphatic rings. The molecule has 1 aliphatic heterocycles. The van der Waals surface area contributed by atoms with Crippen molar-refractivity contribution in [1.82, 2.24) is 20.0 Å². The van der Waals surface area contributed by atoms with Crippen LogP contribution in [0.5, 0.6) is 0 Å². The average Bonchev–Trinajstić information content (AvgIpc) is 2.88. The van der Waals surface area contributed by atoms with Gasteiger partial charge in [-0.1, -0.05) is 12.1 Å². The van der Waals surface area contributed by atoms with Gasteiger partial charge in [-0.25, -0.2) is 0 Å². The summed E-state index contributed by atoms with van der Waals surface area (Å²) in [5, 5.41) is 8.01. The van der Waals surface area contributed by atoms with Crippen LogP contribution < -0.4 is 10.2 Å². The number of guanidine groups is 1. The summed E-state index contributed by atoms with van der Waals surface area (Å²) in [7, 11) is 3.85. The molecule has 1 N–H and O–H groups in total. The maximum Gasteiger partial charge on any atom is 0.194 e. The molecule has 140 valence electrons. The molecule has 1 aromatic heterocycles. The maximum absolute atomic E-state index is 4.49. The topological polar surface area (TPSA) is 48.7 Å². The zero-order chi connectivity index (χ0) is 18.7. The minimum atomic E-state index is 0.760. The van der Waals surface area contributed by atoms with Crippen molar-refractivity contribution in [3.63, 3.8) is 0 Å². The Morgan fingerprint density at radius 3 is 2.46 bits per heavy atom. The van der Waals surface area contributed by atoms with Gasteiger partial charge in [0.05, 0.1) is 5.69 Å². The van der Waals surface area contributed by atoms with Crippen molar-refractivity contribution in [2.75, 3.05) is 38.1 Å². The molecule has 2 heterocycles. The number of piperazine rings is 1. The first-order valence-electron chi connectivity index (χ1n) is 9.26. The zero-order valence-electron chi connectivity index (χ0n) is 16.6. The van der Waals surface area contributed by atoms with E-state index in [2.05, 4.69) is 70.2 Å². The summed E-state index contributed by atoms with van der Waals surface area (Å²) < 4.78 is 1.94. The molecule has 2 aromatic rings. The van der Waals surface area contributed by atoms with E-state index >= 15 is 0 Å². The summed E-state index contributed by atoms with van der Waals surface area (Å²) >= 11 is 0. The minimum Gasteiger partial charge on any atom is -0.368 e. The average molecular weight is 355 g/mol. The van der Waals surface area contributed by atoms with Crippen LogP contribution in [0.4, 0.5) is 5.69 Å². The summed E-state index contributed by atoms with van der Waals surface area (Å²) in [6.07, 6.45) is 0. The number of nitrogens with one attached hydrogen (secondary N) is 1. The van der Waals surface area contributed by atoms with E-state index in [1.807, 2.05) is 18.8 Å². The van der Waals surface area contributed by atoms with Crippen molar-refractivity contribution in [2.45, 2.75) is 27.3 Å². The van der Waals surface area contributed by atoms with E-state index in [9.17, 15) is 0 Å². The van der Waals surface area contributed by atoms with Gasteiger partial charge in [0.15, 0.2) is 5.96 Å². The van der Waals surface area contributed by atoms with Gasteiger partial charge in [0.25, 0.3) is 0 Å². The molecule has 0 radical (unpaired) electrons. The van der Waals surface area contributed by atoms with Crippen LogP contribution in [0, 0.1) is 20.8 Å². The summed E-state index contributed by atoms with van der Waals surface area (Å²) in [6, 6.07) is 8.74. The number of benzene rings is 1. The third-order valence-corrected chi connectivity index (χ3v) is 5.24. The van der Waals surface area contributed by atoms with Gasteiger partial charge in [-0.15, -0.1) is 0 Å². The Labute approximate surface area is 156 Å². The lowest BCUT2D eigenvalue weighted by atomic mass is 10.2. The molecule has 0 unspecified atom stereocenters. The Bertz CT molecular complexity index is 784. The maximum atomic E-state index is 4.49. The van der Waals surface area contributed by atoms with Gasteiger partial charge in [0.1, 0.15) is 0 Å². The summed E-state index contributed by atoms with van der Waals surface area (Å²) in [5.41, 5.74) is 6.16. The standard InChI is InChI=1S/C20H30N6/c1-15-7-6-8-18(13-15)25-9-11-26(12-10-25)20(21-4)22-14-19-16(2)23-24(5)17(19)3/h6-8,13H,9-12,14H2,1-5H3,(H,21,22). The van der Waals surface area contributed by atoms with E-state index < -0.39 is 0 Å². The van der Waals surface area contributed by atoms with Gasteiger partial charge >= 0.3 is 0 Å². The van der Waals surface area contributed by atoms with Crippen molar-refractivity contribution in [3.8, 4) is 0 Å². The number of anilines is 1. The molecule has 0 aliphatic carbocycles. The Kier molecular flexibility index (Phi) is 5.49. The number of aliphatic imine (C=N–C) groups is 1. The van der Waals surface area contributed by atoms with Crippen LogP contribution in [-0.4, -0.2) is 53.9 Å². The third-order valence-electron chi connectivity index (χ3n) is 5.24. The highest BCUT2D eigenvalue weighted by Gasteiger charge is 2.20. The smallest absolute Gasteiger partial charge is 0.194 e. The number of rotatable bonds is 3. The summed E-state index contributed by atoms with van der Waals surface area (Å²) in [5.74, 6) is 0.969. The van der Waals surface area contributed by atoms with E-state index in [4.69, 9.17) is 0 Å². The van der Waals surface area contributed by atoms with Crippen LogP contribution in [0.2, 0.25) is 0 Å². The highest BCUT2D eigenvalue weighted by atomic mass is 15.3. The fraction of sp³-hybridized carbons (Fsp3) is 0.500. The Morgan fingerprint density at radius 2 is 1.88 bits per heavy atom. The highest BCUT2D eigenvalue weighted by molar-refractivity contribution is 5.80. The predicted octanol–water partition coefficient (Wildman–Crippen LogP) is 2.24. The largest absolute Gasteiger partial charge is 0.368 e. The van der Waals surface area contributed by atoms with Crippen molar-refractivity contribution in [2.24, 2.45) is 12.0 Å². The summed E-state index contributed by atoms with van der Waals surface area (Å²) in [4.78, 5) is 9.28. The fourth-order valence-electron chi connectivity index (χ4n) is 3.57. The van der Waals surface area contributed by atoms with Crippen LogP contribution in [0.1, 0.15) is 22.5 Å². The number of hydrogen-bond acceptors (Lipinski definition) is 3. The van der Waals surface area contributed by atoms with Crippen LogP contribution >= 0.6 is 0 Å². The van der Waals surface area contributed by atoms with Crippen LogP contribution in [-0.2, 0) is 13.6 Å². The van der Waals surface area contributed by atoms with Crippen molar-refractivity contribution in [1.29, 1.82) is 0 Å². The Morgan fingerprint density at radius 1 is 1.15 bits per heavy atom. The third kappa shape index (κ3) is 3.84. The van der Waals surface area contributed by atoms with Gasteiger partial charge in [0.2, 0.25) is 0 Å². The monoisotopic (exact) mass is 354 g/mol. The van der Waals surface area contributed by atoms with Gasteiger partial charge < -0.3 is 15.1 Å². The van der Waals surface area contributed by atoms with Crippen molar-refractivity contribution >= 4 is 11.6 Å². The second-order valence-electron chi connectivity index (χ2n) is 6.99. The Hall–Kier alpha value is -2.50. The Balaban J connectivity index is 1.59. The molecular formula is C20H30N6. The molecule has 0 spiro atoms. The van der Waals surface area contributed by atoms with E-state index in [0.717, 1.165) is 44.4 Å². The molecular weight excluding hydrogens is 324 g/mol. The number of nitrogens with zero attached hydrogens (tertiary/aromatic N) is 5. The second kappa shape index (κ2) is 7.81. The lowest BCUT2D eigenvalue weighted by Crippen LogP contribution is -2.52. The summed E-state index contributed by atoms with van der Waals surface area (Å²) in [6.45, 7) is 11.0. The molecule has 3 rings (SSSR count). The number of aromatic nitrogens is 2. The van der Waals surface area contributed by atoms with Gasteiger partial charge in [-0.3, -0.25) is 9.67 Å². The van der Waals surface area contributed by atoms with E-state index in [0.29, 0.717) is 0 Å². The molecule has 0 atom stereocenters. The molecule has 6 heteroatoms. The first-order valence-corrected chi connectivity index (χ1v) is 9.26. The van der Waals surface area contributed by atoms with E-state index in [1.54, 1.807) is 0 Å². The van der Waals surface area contributed by atoms with Gasteiger partial charge in [-0.2, -0.15) is 5.10 Å². The molecule has 0 saturated carbocycles. The molecule has 0 amide bonds.